The summed E-state index contributed by atoms with van der Waals surface area (Å²) in [6.45, 7) is 4.56. The van der Waals surface area contributed by atoms with Crippen molar-refractivity contribution < 1.29 is 17.9 Å². The molecule has 0 bridgehead atoms. The van der Waals surface area contributed by atoms with Gasteiger partial charge >= 0.3 is 0 Å². The molecule has 3 heterocycles. The van der Waals surface area contributed by atoms with E-state index in [0.29, 0.717) is 17.1 Å². The van der Waals surface area contributed by atoms with E-state index in [1.165, 1.54) is 11.8 Å². The Balaban J connectivity index is 1.18. The average molecular weight is 506 g/mol. The number of ether oxygens (including phenoxy) is 1. The maximum atomic E-state index is 13.0. The van der Waals surface area contributed by atoms with Gasteiger partial charge in [0.15, 0.2) is 9.84 Å². The van der Waals surface area contributed by atoms with Crippen molar-refractivity contribution in [2.75, 3.05) is 26.0 Å². The second-order valence-electron chi connectivity index (χ2n) is 9.68. The minimum Gasteiger partial charge on any atom is -0.493 e. The number of carbonyl (C=O) groups is 1. The molecule has 2 aliphatic heterocycles. The van der Waals surface area contributed by atoms with E-state index in [1.54, 1.807) is 24.5 Å². The zero-order valence-corrected chi connectivity index (χ0v) is 21.4. The monoisotopic (exact) mass is 505 g/mol. The fourth-order valence-electron chi connectivity index (χ4n) is 4.99. The molecule has 5 rings (SSSR count). The van der Waals surface area contributed by atoms with Crippen LogP contribution >= 0.6 is 0 Å². The van der Waals surface area contributed by atoms with E-state index in [9.17, 15) is 13.2 Å². The molecule has 1 unspecified atom stereocenters. The lowest BCUT2D eigenvalue weighted by Gasteiger charge is -2.36. The molecule has 0 saturated carbocycles. The molecule has 2 aliphatic rings. The highest BCUT2D eigenvalue weighted by Gasteiger charge is 2.25. The van der Waals surface area contributed by atoms with Crippen molar-refractivity contribution in [3.63, 3.8) is 0 Å². The maximum absolute atomic E-state index is 13.0. The molecule has 0 radical (unpaired) electrons. The van der Waals surface area contributed by atoms with E-state index in [1.807, 2.05) is 30.3 Å². The Bertz CT molecular complexity index is 1360. The number of hydrogen-bond acceptors (Lipinski definition) is 6. The van der Waals surface area contributed by atoms with Crippen molar-refractivity contribution in [1.82, 2.24) is 15.2 Å². The van der Waals surface area contributed by atoms with Gasteiger partial charge in [0.1, 0.15) is 5.75 Å². The normalized spacial score (nSPS) is 17.3. The topological polar surface area (TPSA) is 88.6 Å². The van der Waals surface area contributed by atoms with Gasteiger partial charge in [0.2, 0.25) is 0 Å². The number of carbonyl (C=O) groups excluding carboxylic acids is 1. The minimum atomic E-state index is -3.20. The number of likely N-dealkylation sites (tertiary alicyclic amines) is 1. The highest BCUT2D eigenvalue weighted by molar-refractivity contribution is 7.90. The van der Waals surface area contributed by atoms with Crippen LogP contribution in [-0.2, 0) is 16.3 Å². The van der Waals surface area contributed by atoms with Gasteiger partial charge in [-0.15, -0.1) is 0 Å². The number of hydrogen-bond donors (Lipinski definition) is 1. The Kier molecular flexibility index (Phi) is 6.81. The molecule has 1 amide bonds. The molecule has 1 atom stereocenters. The number of sulfone groups is 1. The first-order chi connectivity index (χ1) is 17.3. The van der Waals surface area contributed by atoms with Gasteiger partial charge in [-0.2, -0.15) is 0 Å². The zero-order chi connectivity index (χ0) is 25.3. The van der Waals surface area contributed by atoms with Gasteiger partial charge in [0.05, 0.1) is 17.1 Å². The van der Waals surface area contributed by atoms with Crippen molar-refractivity contribution in [1.29, 1.82) is 0 Å². The zero-order valence-electron chi connectivity index (χ0n) is 20.6. The fourth-order valence-corrected chi connectivity index (χ4v) is 5.62. The van der Waals surface area contributed by atoms with Crippen LogP contribution in [0.15, 0.2) is 65.8 Å². The molecule has 36 heavy (non-hydrogen) atoms. The SMILES string of the molecule is CC(c1ccc(S(C)(=O)=O)cc1)N1CCC(NC(=O)c2cncc(-c3ccc4c(c3)CCO4)c2)CC1. The third-order valence-corrected chi connectivity index (χ3v) is 8.35. The first-order valence-electron chi connectivity index (χ1n) is 12.3. The molecular weight excluding hydrogens is 474 g/mol. The summed E-state index contributed by atoms with van der Waals surface area (Å²) in [6, 6.07) is 15.4. The maximum Gasteiger partial charge on any atom is 0.253 e. The lowest BCUT2D eigenvalue weighted by molar-refractivity contribution is 0.0895. The lowest BCUT2D eigenvalue weighted by atomic mass is 9.99. The summed E-state index contributed by atoms with van der Waals surface area (Å²) in [5, 5.41) is 3.19. The number of rotatable bonds is 6. The second kappa shape index (κ2) is 10.0. The molecule has 3 aromatic rings. The van der Waals surface area contributed by atoms with Gasteiger partial charge in [0.25, 0.3) is 5.91 Å². The quantitative estimate of drug-likeness (QED) is 0.544. The summed E-state index contributed by atoms with van der Waals surface area (Å²) in [4.78, 5) is 20.0. The van der Waals surface area contributed by atoms with Crippen LogP contribution in [0.25, 0.3) is 11.1 Å². The van der Waals surface area contributed by atoms with Crippen molar-refractivity contribution in [2.45, 2.75) is 43.2 Å². The van der Waals surface area contributed by atoms with E-state index in [2.05, 4.69) is 28.2 Å². The molecule has 1 saturated heterocycles. The van der Waals surface area contributed by atoms with E-state index >= 15 is 0 Å². The Morgan fingerprint density at radius 1 is 1.06 bits per heavy atom. The minimum absolute atomic E-state index is 0.100. The highest BCUT2D eigenvalue weighted by Crippen LogP contribution is 2.31. The number of pyridine rings is 1. The molecule has 0 spiro atoms. The van der Waals surface area contributed by atoms with Crippen molar-refractivity contribution in [3.8, 4) is 16.9 Å². The molecule has 188 valence electrons. The number of aromatic nitrogens is 1. The third-order valence-electron chi connectivity index (χ3n) is 7.23. The predicted octanol–water partition coefficient (Wildman–Crippen LogP) is 4.04. The molecule has 8 heteroatoms. The summed E-state index contributed by atoms with van der Waals surface area (Å²) in [5.74, 6) is 0.837. The smallest absolute Gasteiger partial charge is 0.253 e. The number of amides is 1. The van der Waals surface area contributed by atoms with Crippen LogP contribution in [0, 0.1) is 0 Å². The van der Waals surface area contributed by atoms with Crippen LogP contribution in [0.2, 0.25) is 0 Å². The van der Waals surface area contributed by atoms with Crippen LogP contribution in [0.1, 0.15) is 47.3 Å². The molecular formula is C28H31N3O4S. The lowest BCUT2D eigenvalue weighted by Crippen LogP contribution is -2.45. The van der Waals surface area contributed by atoms with Gasteiger partial charge in [-0.05, 0) is 66.8 Å². The summed E-state index contributed by atoms with van der Waals surface area (Å²) >= 11 is 0. The molecule has 0 aliphatic carbocycles. The average Bonchev–Trinajstić information content (AvgIpc) is 3.36. The number of nitrogens with zero attached hydrogens (tertiary/aromatic N) is 2. The number of piperidine rings is 1. The van der Waals surface area contributed by atoms with Gasteiger partial charge in [-0.1, -0.05) is 18.2 Å². The first-order valence-corrected chi connectivity index (χ1v) is 14.2. The number of benzene rings is 2. The third kappa shape index (κ3) is 5.29. The predicted molar refractivity (Wildman–Crippen MR) is 139 cm³/mol. The van der Waals surface area contributed by atoms with Crippen LogP contribution < -0.4 is 10.1 Å². The van der Waals surface area contributed by atoms with Crippen LogP contribution in [0.5, 0.6) is 5.75 Å². The summed E-state index contributed by atoms with van der Waals surface area (Å²) < 4.78 is 29.0. The highest BCUT2D eigenvalue weighted by atomic mass is 32.2. The van der Waals surface area contributed by atoms with E-state index in [4.69, 9.17) is 4.74 Å². The van der Waals surface area contributed by atoms with E-state index in [0.717, 1.165) is 54.8 Å². The summed E-state index contributed by atoms with van der Waals surface area (Å²) in [5.41, 5.74) is 4.79. The standard InChI is InChI=1S/C28H31N3O4S/c1-19(20-3-6-26(7-4-20)36(2,33)34)31-12-9-25(10-13-31)30-28(32)24-16-23(17-29-18-24)21-5-8-27-22(15-21)11-14-35-27/h3-8,15-19,25H,9-14H2,1-2H3,(H,30,32). The van der Waals surface area contributed by atoms with Crippen LogP contribution in [0.3, 0.4) is 0 Å². The van der Waals surface area contributed by atoms with Crippen molar-refractivity contribution >= 4 is 15.7 Å². The van der Waals surface area contributed by atoms with Crippen LogP contribution in [-0.4, -0.2) is 56.2 Å². The Morgan fingerprint density at radius 3 is 2.53 bits per heavy atom. The molecule has 2 aromatic carbocycles. The summed E-state index contributed by atoms with van der Waals surface area (Å²) in [6.07, 6.45) is 7.24. The van der Waals surface area contributed by atoms with Crippen LogP contribution in [0.4, 0.5) is 0 Å². The van der Waals surface area contributed by atoms with Crippen molar-refractivity contribution in [2.24, 2.45) is 0 Å². The van der Waals surface area contributed by atoms with E-state index < -0.39 is 9.84 Å². The first kappa shape index (κ1) is 24.5. The summed E-state index contributed by atoms with van der Waals surface area (Å²) in [7, 11) is -3.20. The molecule has 1 N–H and O–H groups in total. The largest absolute Gasteiger partial charge is 0.493 e. The van der Waals surface area contributed by atoms with Gasteiger partial charge < -0.3 is 10.1 Å². The van der Waals surface area contributed by atoms with Gasteiger partial charge in [0, 0.05) is 55.8 Å². The second-order valence-corrected chi connectivity index (χ2v) is 11.7. The fraction of sp³-hybridized carbons (Fsp3) is 0.357. The van der Waals surface area contributed by atoms with E-state index in [-0.39, 0.29) is 18.0 Å². The van der Waals surface area contributed by atoms with Crippen molar-refractivity contribution in [3.05, 3.63) is 77.6 Å². The number of fused-ring (bicyclic) bond motifs is 1. The molecule has 1 fully saturated rings. The number of nitrogens with one attached hydrogen (secondary N) is 1. The Hall–Kier alpha value is -3.23. The van der Waals surface area contributed by atoms with Gasteiger partial charge in [-0.3, -0.25) is 14.7 Å². The Labute approximate surface area is 212 Å². The Morgan fingerprint density at radius 2 is 1.81 bits per heavy atom. The molecule has 1 aromatic heterocycles. The van der Waals surface area contributed by atoms with Gasteiger partial charge in [-0.25, -0.2) is 8.42 Å². The molecule has 7 nitrogen and oxygen atoms in total.